The van der Waals surface area contributed by atoms with E-state index in [1.807, 2.05) is 20.1 Å². The number of hydrogen-bond donors (Lipinski definition) is 7. The van der Waals surface area contributed by atoms with E-state index in [4.69, 9.17) is 11.5 Å². The molecule has 35 heavy (non-hydrogen) atoms. The minimum absolute atomic E-state index is 0.0499. The minimum atomic E-state index is -1.54. The maximum atomic E-state index is 13.2. The lowest BCUT2D eigenvalue weighted by atomic mass is 10.0. The van der Waals surface area contributed by atoms with Gasteiger partial charge in [0, 0.05) is 18.3 Å². The Kier molecular flexibility index (Phi) is 12.8. The first-order chi connectivity index (χ1) is 16.4. The molecule has 0 fully saturated rings. The van der Waals surface area contributed by atoms with Gasteiger partial charge in [-0.15, -0.1) is 0 Å². The quantitative estimate of drug-likeness (QED) is 0.136. The van der Waals surface area contributed by atoms with Gasteiger partial charge in [0.15, 0.2) is 0 Å². The van der Waals surface area contributed by atoms with E-state index in [0.29, 0.717) is 17.9 Å². The second-order valence-corrected chi connectivity index (χ2v) is 9.48. The lowest BCUT2D eigenvalue weighted by Gasteiger charge is -2.26. The van der Waals surface area contributed by atoms with Gasteiger partial charge in [-0.25, -0.2) is 9.78 Å². The number of aliphatic carboxylic acids is 1. The Morgan fingerprint density at radius 2 is 1.66 bits per heavy atom. The predicted octanol–water partition coefficient (Wildman–Crippen LogP) is -1.51. The molecule has 0 aliphatic heterocycles. The molecular weight excluding hydrogens is 478 g/mol. The van der Waals surface area contributed by atoms with E-state index >= 15 is 0 Å². The van der Waals surface area contributed by atoms with Crippen molar-refractivity contribution in [2.24, 2.45) is 17.4 Å². The van der Waals surface area contributed by atoms with Crippen LogP contribution < -0.4 is 27.4 Å². The average molecular weight is 514 g/mol. The molecule has 1 aromatic rings. The van der Waals surface area contributed by atoms with Gasteiger partial charge >= 0.3 is 5.97 Å². The number of primary amides is 1. The van der Waals surface area contributed by atoms with Gasteiger partial charge in [-0.05, 0) is 30.8 Å². The van der Waals surface area contributed by atoms with Crippen LogP contribution in [0.3, 0.4) is 0 Å². The van der Waals surface area contributed by atoms with Crippen molar-refractivity contribution in [2.75, 3.05) is 12.0 Å². The third-order valence-electron chi connectivity index (χ3n) is 4.94. The van der Waals surface area contributed by atoms with Crippen LogP contribution in [0, 0.1) is 5.92 Å². The second kappa shape index (κ2) is 15.0. The van der Waals surface area contributed by atoms with E-state index in [0.717, 1.165) is 0 Å². The maximum absolute atomic E-state index is 13.2. The summed E-state index contributed by atoms with van der Waals surface area (Å²) < 4.78 is 0. The maximum Gasteiger partial charge on any atom is 0.326 e. The fraction of sp³-hybridized carbons (Fsp3) is 0.619. The molecule has 1 rings (SSSR count). The molecule has 0 saturated carbocycles. The van der Waals surface area contributed by atoms with Crippen LogP contribution in [0.4, 0.5) is 0 Å². The summed E-state index contributed by atoms with van der Waals surface area (Å²) in [7, 11) is 0. The van der Waals surface area contributed by atoms with E-state index in [-0.39, 0.29) is 18.8 Å². The highest BCUT2D eigenvalue weighted by Crippen LogP contribution is 2.08. The molecule has 0 aliphatic carbocycles. The number of amides is 4. The SMILES string of the molecule is CSCCC(N)C(=O)NC(Cc1cnc[nH]1)C(=O)NC(CC(C)C)C(=O)NC(CC(N)=O)C(=O)O. The Morgan fingerprint density at radius 1 is 1.06 bits per heavy atom. The third kappa shape index (κ3) is 11.2. The first kappa shape index (κ1) is 29.9. The van der Waals surface area contributed by atoms with Crippen LogP contribution >= 0.6 is 11.8 Å². The van der Waals surface area contributed by atoms with Crippen molar-refractivity contribution < 1.29 is 29.1 Å². The van der Waals surface area contributed by atoms with Gasteiger partial charge < -0.3 is 37.5 Å². The van der Waals surface area contributed by atoms with Gasteiger partial charge in [-0.1, -0.05) is 13.8 Å². The van der Waals surface area contributed by atoms with E-state index in [1.165, 1.54) is 24.3 Å². The van der Waals surface area contributed by atoms with Gasteiger partial charge in [-0.2, -0.15) is 11.8 Å². The largest absolute Gasteiger partial charge is 0.480 e. The number of thioether (sulfide) groups is 1. The average Bonchev–Trinajstić information content (AvgIpc) is 3.28. The Hall–Kier alpha value is -3.13. The predicted molar refractivity (Wildman–Crippen MR) is 130 cm³/mol. The molecule has 1 aromatic heterocycles. The number of carbonyl (C=O) groups excluding carboxylic acids is 4. The number of carboxylic acid groups (broad SMARTS) is 1. The summed E-state index contributed by atoms with van der Waals surface area (Å²) in [4.78, 5) is 67.9. The molecule has 4 unspecified atom stereocenters. The summed E-state index contributed by atoms with van der Waals surface area (Å²) in [5.74, 6) is -3.69. The zero-order valence-corrected chi connectivity index (χ0v) is 20.9. The lowest BCUT2D eigenvalue weighted by molar-refractivity contribution is -0.143. The van der Waals surface area contributed by atoms with Crippen LogP contribution in [0.5, 0.6) is 0 Å². The monoisotopic (exact) mass is 513 g/mol. The smallest absolute Gasteiger partial charge is 0.326 e. The summed E-state index contributed by atoms with van der Waals surface area (Å²) in [5.41, 5.74) is 11.6. The summed E-state index contributed by atoms with van der Waals surface area (Å²) in [6.07, 6.45) is 4.87. The highest BCUT2D eigenvalue weighted by molar-refractivity contribution is 7.98. The molecule has 4 amide bonds. The van der Waals surface area contributed by atoms with Crippen LogP contribution in [0.25, 0.3) is 0 Å². The molecule has 196 valence electrons. The number of carboxylic acids is 1. The van der Waals surface area contributed by atoms with Crippen LogP contribution in [-0.4, -0.2) is 80.8 Å². The number of carbonyl (C=O) groups is 5. The second-order valence-electron chi connectivity index (χ2n) is 8.49. The summed E-state index contributed by atoms with van der Waals surface area (Å²) in [6.45, 7) is 3.64. The normalized spacial score (nSPS) is 14.4. The number of imidazole rings is 1. The summed E-state index contributed by atoms with van der Waals surface area (Å²) in [6, 6.07) is -4.56. The van der Waals surface area contributed by atoms with Gasteiger partial charge in [0.05, 0.1) is 18.8 Å². The molecule has 14 heteroatoms. The summed E-state index contributed by atoms with van der Waals surface area (Å²) in [5, 5.41) is 16.7. The van der Waals surface area contributed by atoms with Crippen molar-refractivity contribution in [1.82, 2.24) is 25.9 Å². The van der Waals surface area contributed by atoms with Gasteiger partial charge in [-0.3, -0.25) is 19.2 Å². The van der Waals surface area contributed by atoms with Crippen LogP contribution in [0.1, 0.15) is 38.8 Å². The third-order valence-corrected chi connectivity index (χ3v) is 5.59. The standard InChI is InChI=1S/C21H35N7O6S/c1-11(2)6-14(19(31)28-16(21(33)34)8-17(23)29)27-20(32)15(7-12-9-24-10-25-12)26-18(30)13(22)4-5-35-3/h9-11,13-16H,4-8,22H2,1-3H3,(H2,23,29)(H,24,25)(H,26,30)(H,27,32)(H,28,31)(H,33,34). The highest BCUT2D eigenvalue weighted by Gasteiger charge is 2.31. The molecular formula is C21H35N7O6S. The molecule has 0 radical (unpaired) electrons. The number of H-pyrrole nitrogens is 1. The number of nitrogens with one attached hydrogen (secondary N) is 4. The zero-order chi connectivity index (χ0) is 26.5. The number of rotatable bonds is 16. The Labute approximate surface area is 207 Å². The molecule has 13 nitrogen and oxygen atoms in total. The molecule has 0 bridgehead atoms. The number of aromatic nitrogens is 2. The van der Waals surface area contributed by atoms with Gasteiger partial charge in [0.1, 0.15) is 18.1 Å². The summed E-state index contributed by atoms with van der Waals surface area (Å²) >= 11 is 1.54. The van der Waals surface area contributed by atoms with Crippen molar-refractivity contribution in [2.45, 2.75) is 63.7 Å². The molecule has 0 spiro atoms. The Balaban J connectivity index is 3.03. The number of nitrogens with zero attached hydrogens (tertiary/aromatic N) is 1. The number of hydrogen-bond acceptors (Lipinski definition) is 8. The van der Waals surface area contributed by atoms with Crippen LogP contribution in [-0.2, 0) is 30.4 Å². The topological polar surface area (TPSA) is 222 Å². The first-order valence-electron chi connectivity index (χ1n) is 11.1. The van der Waals surface area contributed by atoms with Crippen molar-refractivity contribution in [1.29, 1.82) is 0 Å². The van der Waals surface area contributed by atoms with Crippen molar-refractivity contribution in [3.8, 4) is 0 Å². The highest BCUT2D eigenvalue weighted by atomic mass is 32.2. The Bertz CT molecular complexity index is 864. The van der Waals surface area contributed by atoms with E-state index in [2.05, 4.69) is 25.9 Å². The zero-order valence-electron chi connectivity index (χ0n) is 20.1. The first-order valence-corrected chi connectivity index (χ1v) is 12.5. The molecule has 4 atom stereocenters. The minimum Gasteiger partial charge on any atom is -0.480 e. The van der Waals surface area contributed by atoms with Gasteiger partial charge in [0.2, 0.25) is 23.6 Å². The van der Waals surface area contributed by atoms with Crippen molar-refractivity contribution in [3.05, 3.63) is 18.2 Å². The fourth-order valence-corrected chi connectivity index (χ4v) is 3.62. The van der Waals surface area contributed by atoms with Crippen molar-refractivity contribution >= 4 is 41.4 Å². The van der Waals surface area contributed by atoms with E-state index in [1.54, 1.807) is 0 Å². The van der Waals surface area contributed by atoms with Crippen LogP contribution in [0.2, 0.25) is 0 Å². The van der Waals surface area contributed by atoms with E-state index in [9.17, 15) is 29.1 Å². The number of aromatic amines is 1. The fourth-order valence-electron chi connectivity index (χ4n) is 3.13. The lowest BCUT2D eigenvalue weighted by Crippen LogP contribution is -2.58. The van der Waals surface area contributed by atoms with Crippen molar-refractivity contribution in [3.63, 3.8) is 0 Å². The molecule has 0 saturated heterocycles. The molecule has 0 aliphatic rings. The van der Waals surface area contributed by atoms with Gasteiger partial charge in [0.25, 0.3) is 0 Å². The Morgan fingerprint density at radius 3 is 2.17 bits per heavy atom. The number of nitrogens with two attached hydrogens (primary N) is 2. The molecule has 1 heterocycles. The van der Waals surface area contributed by atoms with E-state index < -0.39 is 60.2 Å². The molecule has 0 aromatic carbocycles. The van der Waals surface area contributed by atoms with Crippen LogP contribution in [0.15, 0.2) is 12.5 Å². The molecule has 9 N–H and O–H groups in total.